The third kappa shape index (κ3) is 2.94. The van der Waals surface area contributed by atoms with Gasteiger partial charge in [0.05, 0.1) is 17.6 Å². The first-order valence-corrected chi connectivity index (χ1v) is 7.31. The second-order valence-electron chi connectivity index (χ2n) is 5.29. The van der Waals surface area contributed by atoms with Gasteiger partial charge in [0.15, 0.2) is 0 Å². The molecule has 7 heteroatoms. The number of rotatable bonds is 3. The zero-order valence-corrected chi connectivity index (χ0v) is 12.7. The molecule has 2 aromatic heterocycles. The molecule has 1 aliphatic heterocycles. The van der Waals surface area contributed by atoms with Crippen molar-refractivity contribution < 1.29 is 9.32 Å². The number of carbonyl (C=O) groups is 1. The molecular formula is C15H19N5O2. The van der Waals surface area contributed by atoms with E-state index in [-0.39, 0.29) is 5.91 Å². The average Bonchev–Trinajstić information content (AvgIpc) is 2.88. The molecule has 3 rings (SSSR count). The lowest BCUT2D eigenvalue weighted by molar-refractivity contribution is 0.102. The third-order valence-corrected chi connectivity index (χ3v) is 3.73. The largest absolute Gasteiger partial charge is 0.368 e. The van der Waals surface area contributed by atoms with Crippen molar-refractivity contribution in [1.29, 1.82) is 0 Å². The third-order valence-electron chi connectivity index (χ3n) is 3.73. The number of aryl methyl sites for hydroxylation is 2. The highest BCUT2D eigenvalue weighted by Gasteiger charge is 2.18. The van der Waals surface area contributed by atoms with Crippen LogP contribution in [0.3, 0.4) is 0 Å². The van der Waals surface area contributed by atoms with E-state index < -0.39 is 0 Å². The number of amides is 1. The van der Waals surface area contributed by atoms with Gasteiger partial charge in [-0.25, -0.2) is 4.98 Å². The zero-order valence-electron chi connectivity index (χ0n) is 12.7. The Hall–Kier alpha value is -2.41. The molecule has 1 saturated heterocycles. The molecule has 0 unspecified atom stereocenters. The summed E-state index contributed by atoms with van der Waals surface area (Å²) in [6.45, 7) is 7.34. The first-order valence-electron chi connectivity index (χ1n) is 7.31. The van der Waals surface area contributed by atoms with Crippen LogP contribution < -0.4 is 15.5 Å². The maximum absolute atomic E-state index is 12.2. The first-order chi connectivity index (χ1) is 10.6. The van der Waals surface area contributed by atoms with Crippen LogP contribution in [0.4, 0.5) is 11.5 Å². The number of anilines is 2. The summed E-state index contributed by atoms with van der Waals surface area (Å²) in [4.78, 5) is 18.8. The Morgan fingerprint density at radius 3 is 2.68 bits per heavy atom. The molecule has 1 fully saturated rings. The van der Waals surface area contributed by atoms with Crippen LogP contribution in [0.2, 0.25) is 0 Å². The van der Waals surface area contributed by atoms with E-state index in [1.807, 2.05) is 12.1 Å². The van der Waals surface area contributed by atoms with Crippen LogP contribution in [0.25, 0.3) is 0 Å². The molecule has 1 amide bonds. The predicted octanol–water partition coefficient (Wildman–Crippen LogP) is 1.35. The fourth-order valence-electron chi connectivity index (χ4n) is 2.56. The van der Waals surface area contributed by atoms with E-state index in [9.17, 15) is 4.79 Å². The number of nitrogens with one attached hydrogen (secondary N) is 2. The summed E-state index contributed by atoms with van der Waals surface area (Å²) in [5.74, 6) is 0.773. The standard InChI is InChI=1S/C15H19N5O2/c1-10-14(11(2)22-19-10)15(21)18-13-4-3-12(9-17-13)20-7-5-16-6-8-20/h3-4,9,16H,5-8H2,1-2H3,(H,17,18,21). The number of hydrogen-bond donors (Lipinski definition) is 2. The van der Waals surface area contributed by atoms with Crippen molar-refractivity contribution in [3.05, 3.63) is 35.3 Å². The van der Waals surface area contributed by atoms with Crippen LogP contribution in [-0.2, 0) is 0 Å². The van der Waals surface area contributed by atoms with Crippen molar-refractivity contribution in [3.8, 4) is 0 Å². The number of carbonyl (C=O) groups excluding carboxylic acids is 1. The SMILES string of the molecule is Cc1noc(C)c1C(=O)Nc1ccc(N2CCNCC2)cn1. The zero-order chi connectivity index (χ0) is 15.5. The van der Waals surface area contributed by atoms with Crippen LogP contribution in [0.1, 0.15) is 21.8 Å². The van der Waals surface area contributed by atoms with Gasteiger partial charge in [0.2, 0.25) is 0 Å². The topological polar surface area (TPSA) is 83.3 Å². The predicted molar refractivity (Wildman–Crippen MR) is 83.2 cm³/mol. The van der Waals surface area contributed by atoms with Gasteiger partial charge >= 0.3 is 0 Å². The van der Waals surface area contributed by atoms with Gasteiger partial charge in [0.1, 0.15) is 17.1 Å². The maximum atomic E-state index is 12.2. The summed E-state index contributed by atoms with van der Waals surface area (Å²) >= 11 is 0. The summed E-state index contributed by atoms with van der Waals surface area (Å²) in [7, 11) is 0. The quantitative estimate of drug-likeness (QED) is 0.890. The van der Waals surface area contributed by atoms with Gasteiger partial charge in [-0.2, -0.15) is 0 Å². The van der Waals surface area contributed by atoms with Gasteiger partial charge in [-0.05, 0) is 26.0 Å². The number of hydrogen-bond acceptors (Lipinski definition) is 6. The van der Waals surface area contributed by atoms with Crippen molar-refractivity contribution >= 4 is 17.4 Å². The van der Waals surface area contributed by atoms with Gasteiger partial charge in [-0.3, -0.25) is 4.79 Å². The van der Waals surface area contributed by atoms with Crippen molar-refractivity contribution in [2.24, 2.45) is 0 Å². The molecule has 7 nitrogen and oxygen atoms in total. The monoisotopic (exact) mass is 301 g/mol. The molecule has 2 N–H and O–H groups in total. The Bertz CT molecular complexity index is 640. The summed E-state index contributed by atoms with van der Waals surface area (Å²) in [6, 6.07) is 3.79. The minimum absolute atomic E-state index is 0.251. The summed E-state index contributed by atoms with van der Waals surface area (Å²) in [5, 5.41) is 9.87. The lowest BCUT2D eigenvalue weighted by Gasteiger charge is -2.29. The lowest BCUT2D eigenvalue weighted by atomic mass is 10.2. The van der Waals surface area contributed by atoms with E-state index >= 15 is 0 Å². The highest BCUT2D eigenvalue weighted by atomic mass is 16.5. The van der Waals surface area contributed by atoms with Crippen molar-refractivity contribution in [1.82, 2.24) is 15.5 Å². The molecule has 0 radical (unpaired) electrons. The molecule has 22 heavy (non-hydrogen) atoms. The molecule has 0 aromatic carbocycles. The number of piperazine rings is 1. The molecule has 116 valence electrons. The fraction of sp³-hybridized carbons (Fsp3) is 0.400. The van der Waals surface area contributed by atoms with Gasteiger partial charge < -0.3 is 20.1 Å². The molecule has 0 aliphatic carbocycles. The normalized spacial score (nSPS) is 14.9. The Morgan fingerprint density at radius 1 is 1.32 bits per heavy atom. The molecule has 0 spiro atoms. The van der Waals surface area contributed by atoms with Crippen molar-refractivity contribution in [3.63, 3.8) is 0 Å². The Kier molecular flexibility index (Phi) is 4.06. The highest BCUT2D eigenvalue weighted by molar-refractivity contribution is 6.05. The molecule has 0 atom stereocenters. The second-order valence-corrected chi connectivity index (χ2v) is 5.29. The Morgan fingerprint density at radius 2 is 2.09 bits per heavy atom. The van der Waals surface area contributed by atoms with Gasteiger partial charge in [-0.15, -0.1) is 0 Å². The minimum atomic E-state index is -0.251. The van der Waals surface area contributed by atoms with Crippen LogP contribution in [0.15, 0.2) is 22.9 Å². The molecule has 2 aromatic rings. The van der Waals surface area contributed by atoms with Gasteiger partial charge in [0.25, 0.3) is 5.91 Å². The van der Waals surface area contributed by atoms with E-state index in [1.54, 1.807) is 20.0 Å². The van der Waals surface area contributed by atoms with Crippen molar-refractivity contribution in [2.75, 3.05) is 36.4 Å². The second kappa shape index (κ2) is 6.15. The van der Waals surface area contributed by atoms with E-state index in [4.69, 9.17) is 4.52 Å². The average molecular weight is 301 g/mol. The van der Waals surface area contributed by atoms with Gasteiger partial charge in [0, 0.05) is 26.2 Å². The van der Waals surface area contributed by atoms with Crippen LogP contribution in [-0.4, -0.2) is 42.2 Å². The molecule has 0 saturated carbocycles. The van der Waals surface area contributed by atoms with Gasteiger partial charge in [-0.1, -0.05) is 5.16 Å². The molecule has 0 bridgehead atoms. The van der Waals surface area contributed by atoms with E-state index in [1.165, 1.54) is 0 Å². The highest BCUT2D eigenvalue weighted by Crippen LogP contribution is 2.18. The van der Waals surface area contributed by atoms with E-state index in [0.29, 0.717) is 22.8 Å². The van der Waals surface area contributed by atoms with E-state index in [0.717, 1.165) is 31.9 Å². The number of pyridine rings is 1. The lowest BCUT2D eigenvalue weighted by Crippen LogP contribution is -2.43. The first kappa shape index (κ1) is 14.5. The minimum Gasteiger partial charge on any atom is -0.368 e. The molecule has 1 aliphatic rings. The van der Waals surface area contributed by atoms with Crippen LogP contribution in [0.5, 0.6) is 0 Å². The molecule has 3 heterocycles. The van der Waals surface area contributed by atoms with E-state index in [2.05, 4.69) is 25.7 Å². The number of nitrogens with zero attached hydrogens (tertiary/aromatic N) is 3. The molecular weight excluding hydrogens is 282 g/mol. The Labute approximate surface area is 128 Å². The van der Waals surface area contributed by atoms with Crippen molar-refractivity contribution in [2.45, 2.75) is 13.8 Å². The van der Waals surface area contributed by atoms with Crippen LogP contribution >= 0.6 is 0 Å². The summed E-state index contributed by atoms with van der Waals surface area (Å²) < 4.78 is 5.01. The fourth-order valence-corrected chi connectivity index (χ4v) is 2.56. The smallest absolute Gasteiger partial charge is 0.262 e. The number of aromatic nitrogens is 2. The Balaban J connectivity index is 1.69. The summed E-state index contributed by atoms with van der Waals surface area (Å²) in [5.41, 5.74) is 2.11. The maximum Gasteiger partial charge on any atom is 0.262 e. The summed E-state index contributed by atoms with van der Waals surface area (Å²) in [6.07, 6.45) is 1.79. The van der Waals surface area contributed by atoms with Crippen LogP contribution in [0, 0.1) is 13.8 Å².